The predicted octanol–water partition coefficient (Wildman–Crippen LogP) is 2.68. The number of rotatable bonds is 2. The average molecular weight is 267 g/mol. The molecule has 3 nitrogen and oxygen atoms in total. The molecule has 0 unspecified atom stereocenters. The van der Waals surface area contributed by atoms with Crippen molar-refractivity contribution < 1.29 is 9.47 Å². The zero-order valence-corrected chi connectivity index (χ0v) is 11.3. The summed E-state index contributed by atoms with van der Waals surface area (Å²) >= 11 is 0. The molecule has 2 aromatic rings. The van der Waals surface area contributed by atoms with Crippen LogP contribution in [0, 0.1) is 0 Å². The molecule has 0 atom stereocenters. The first kappa shape index (κ1) is 11.8. The van der Waals surface area contributed by atoms with E-state index in [9.17, 15) is 0 Å². The maximum Gasteiger partial charge on any atom is 0.130 e. The SMILES string of the molecule is NCc1ccc(-c2c3c(cc4c2OCC4)OCC3)cc1. The summed E-state index contributed by atoms with van der Waals surface area (Å²) in [6.07, 6.45) is 1.93. The Morgan fingerprint density at radius 2 is 1.80 bits per heavy atom. The van der Waals surface area contributed by atoms with Gasteiger partial charge in [0.25, 0.3) is 0 Å². The van der Waals surface area contributed by atoms with Crippen LogP contribution in [0.25, 0.3) is 11.1 Å². The molecule has 2 heterocycles. The number of ether oxygens (including phenoxy) is 2. The minimum atomic E-state index is 0.574. The molecule has 102 valence electrons. The lowest BCUT2D eigenvalue weighted by molar-refractivity contribution is 0.356. The first-order valence-electron chi connectivity index (χ1n) is 7.10. The second-order valence-electron chi connectivity index (χ2n) is 5.31. The van der Waals surface area contributed by atoms with Crippen LogP contribution in [0.5, 0.6) is 11.5 Å². The van der Waals surface area contributed by atoms with Gasteiger partial charge in [0.05, 0.1) is 13.2 Å². The van der Waals surface area contributed by atoms with Crippen LogP contribution in [0.3, 0.4) is 0 Å². The number of benzene rings is 2. The van der Waals surface area contributed by atoms with Gasteiger partial charge in [0, 0.05) is 36.1 Å². The van der Waals surface area contributed by atoms with E-state index < -0.39 is 0 Å². The maximum absolute atomic E-state index is 5.89. The molecule has 0 aromatic heterocycles. The summed E-state index contributed by atoms with van der Waals surface area (Å²) in [5, 5.41) is 0. The van der Waals surface area contributed by atoms with E-state index in [1.54, 1.807) is 0 Å². The molecule has 0 amide bonds. The number of hydrogen-bond donors (Lipinski definition) is 1. The van der Waals surface area contributed by atoms with Crippen LogP contribution in [0.4, 0.5) is 0 Å². The summed E-state index contributed by atoms with van der Waals surface area (Å²) in [5.41, 5.74) is 11.8. The summed E-state index contributed by atoms with van der Waals surface area (Å²) in [7, 11) is 0. The molecular formula is C17H17NO2. The van der Waals surface area contributed by atoms with Crippen LogP contribution in [0.1, 0.15) is 16.7 Å². The minimum absolute atomic E-state index is 0.574. The Kier molecular flexibility index (Phi) is 2.67. The Morgan fingerprint density at radius 3 is 2.60 bits per heavy atom. The first-order valence-corrected chi connectivity index (χ1v) is 7.10. The van der Waals surface area contributed by atoms with Crippen LogP contribution in [-0.4, -0.2) is 13.2 Å². The van der Waals surface area contributed by atoms with Crippen molar-refractivity contribution in [2.75, 3.05) is 13.2 Å². The van der Waals surface area contributed by atoms with Crippen LogP contribution in [-0.2, 0) is 19.4 Å². The van der Waals surface area contributed by atoms with E-state index in [0.717, 1.165) is 43.1 Å². The topological polar surface area (TPSA) is 44.5 Å². The van der Waals surface area contributed by atoms with Gasteiger partial charge in [0.1, 0.15) is 11.5 Å². The van der Waals surface area contributed by atoms with Gasteiger partial charge in [0.2, 0.25) is 0 Å². The van der Waals surface area contributed by atoms with Crippen molar-refractivity contribution in [2.45, 2.75) is 19.4 Å². The average Bonchev–Trinajstić information content (AvgIpc) is 3.13. The van der Waals surface area contributed by atoms with Crippen molar-refractivity contribution >= 4 is 0 Å². The Hall–Kier alpha value is -2.00. The fourth-order valence-corrected chi connectivity index (χ4v) is 3.10. The van der Waals surface area contributed by atoms with E-state index in [1.807, 2.05) is 0 Å². The van der Waals surface area contributed by atoms with Gasteiger partial charge in [-0.05, 0) is 17.2 Å². The number of fused-ring (bicyclic) bond motifs is 2. The molecule has 4 rings (SSSR count). The van der Waals surface area contributed by atoms with Crippen LogP contribution >= 0.6 is 0 Å². The minimum Gasteiger partial charge on any atom is -0.493 e. The van der Waals surface area contributed by atoms with Gasteiger partial charge in [-0.2, -0.15) is 0 Å². The van der Waals surface area contributed by atoms with Crippen molar-refractivity contribution in [3.05, 3.63) is 47.0 Å². The van der Waals surface area contributed by atoms with Crippen molar-refractivity contribution in [3.8, 4) is 22.6 Å². The van der Waals surface area contributed by atoms with Crippen molar-refractivity contribution in [1.82, 2.24) is 0 Å². The summed E-state index contributed by atoms with van der Waals surface area (Å²) in [6.45, 7) is 2.11. The molecule has 0 bridgehead atoms. The van der Waals surface area contributed by atoms with E-state index in [1.165, 1.54) is 22.3 Å². The molecule has 20 heavy (non-hydrogen) atoms. The lowest BCUT2D eigenvalue weighted by Crippen LogP contribution is -1.96. The Morgan fingerprint density at radius 1 is 1.00 bits per heavy atom. The third-order valence-electron chi connectivity index (χ3n) is 4.13. The number of hydrogen-bond acceptors (Lipinski definition) is 3. The van der Waals surface area contributed by atoms with Crippen LogP contribution < -0.4 is 15.2 Å². The van der Waals surface area contributed by atoms with Crippen molar-refractivity contribution in [3.63, 3.8) is 0 Å². The number of nitrogens with two attached hydrogens (primary N) is 1. The highest BCUT2D eigenvalue weighted by atomic mass is 16.5. The van der Waals surface area contributed by atoms with Gasteiger partial charge < -0.3 is 15.2 Å². The smallest absolute Gasteiger partial charge is 0.130 e. The van der Waals surface area contributed by atoms with E-state index >= 15 is 0 Å². The predicted molar refractivity (Wildman–Crippen MR) is 78.2 cm³/mol. The molecule has 0 saturated carbocycles. The molecule has 0 spiro atoms. The molecule has 2 aliphatic rings. The van der Waals surface area contributed by atoms with Crippen molar-refractivity contribution in [1.29, 1.82) is 0 Å². The zero-order valence-electron chi connectivity index (χ0n) is 11.3. The van der Waals surface area contributed by atoms with Crippen LogP contribution in [0.2, 0.25) is 0 Å². The molecule has 2 aromatic carbocycles. The molecule has 3 heteroatoms. The molecule has 2 aliphatic heterocycles. The molecule has 0 fully saturated rings. The summed E-state index contributed by atoms with van der Waals surface area (Å²) in [5.74, 6) is 2.09. The molecular weight excluding hydrogens is 250 g/mol. The first-order chi connectivity index (χ1) is 9.86. The van der Waals surface area contributed by atoms with Gasteiger partial charge in [-0.1, -0.05) is 24.3 Å². The van der Waals surface area contributed by atoms with Crippen LogP contribution in [0.15, 0.2) is 30.3 Å². The van der Waals surface area contributed by atoms with Crippen molar-refractivity contribution in [2.24, 2.45) is 5.73 Å². The van der Waals surface area contributed by atoms with Gasteiger partial charge in [-0.3, -0.25) is 0 Å². The fraction of sp³-hybridized carbons (Fsp3) is 0.294. The molecule has 0 aliphatic carbocycles. The lowest BCUT2D eigenvalue weighted by Gasteiger charge is -2.13. The monoisotopic (exact) mass is 267 g/mol. The second kappa shape index (κ2) is 4.53. The highest BCUT2D eigenvalue weighted by molar-refractivity contribution is 5.79. The van der Waals surface area contributed by atoms with Gasteiger partial charge in [0.15, 0.2) is 0 Å². The Bertz CT molecular complexity index is 629. The summed E-state index contributed by atoms with van der Waals surface area (Å²) in [4.78, 5) is 0. The highest BCUT2D eigenvalue weighted by Crippen LogP contribution is 2.46. The third-order valence-corrected chi connectivity index (χ3v) is 4.13. The zero-order chi connectivity index (χ0) is 13.5. The van der Waals surface area contributed by atoms with Gasteiger partial charge >= 0.3 is 0 Å². The standard InChI is InChI=1S/C17H17NO2/c18-10-11-1-3-12(4-2-11)16-14-6-8-19-15(14)9-13-5-7-20-17(13)16/h1-4,9H,5-8,10,18H2. The third kappa shape index (κ3) is 1.70. The van der Waals surface area contributed by atoms with E-state index in [0.29, 0.717) is 6.54 Å². The second-order valence-corrected chi connectivity index (χ2v) is 5.31. The molecule has 2 N–H and O–H groups in total. The molecule has 0 saturated heterocycles. The Labute approximate surface area is 118 Å². The fourth-order valence-electron chi connectivity index (χ4n) is 3.10. The van der Waals surface area contributed by atoms with Gasteiger partial charge in [-0.15, -0.1) is 0 Å². The van der Waals surface area contributed by atoms with Gasteiger partial charge in [-0.25, -0.2) is 0 Å². The molecule has 0 radical (unpaired) electrons. The normalized spacial score (nSPS) is 15.4. The van der Waals surface area contributed by atoms with E-state index in [4.69, 9.17) is 15.2 Å². The quantitative estimate of drug-likeness (QED) is 0.910. The summed E-state index contributed by atoms with van der Waals surface area (Å²) in [6, 6.07) is 10.6. The Balaban J connectivity index is 1.92. The summed E-state index contributed by atoms with van der Waals surface area (Å²) < 4.78 is 11.6. The highest BCUT2D eigenvalue weighted by Gasteiger charge is 2.27. The van der Waals surface area contributed by atoms with E-state index in [2.05, 4.69) is 30.3 Å². The van der Waals surface area contributed by atoms with E-state index in [-0.39, 0.29) is 0 Å². The lowest BCUT2D eigenvalue weighted by atomic mass is 9.93. The largest absolute Gasteiger partial charge is 0.493 e. The maximum atomic E-state index is 5.89.